The molecule has 0 saturated heterocycles. The first-order chi connectivity index (χ1) is 8.24. The molecule has 3 aromatic rings. The molecule has 86 valence electrons. The van der Waals surface area contributed by atoms with Gasteiger partial charge < -0.3 is 10.7 Å². The third kappa shape index (κ3) is 1.95. The highest BCUT2D eigenvalue weighted by Crippen LogP contribution is 2.24. The maximum atomic E-state index is 6.15. The second-order valence-electron chi connectivity index (χ2n) is 3.78. The average Bonchev–Trinajstić information content (AvgIpc) is 2.96. The van der Waals surface area contributed by atoms with E-state index in [4.69, 9.17) is 17.3 Å². The van der Waals surface area contributed by atoms with Crippen LogP contribution in [0.25, 0.3) is 11.0 Å². The molecule has 1 atom stereocenters. The van der Waals surface area contributed by atoms with Crippen molar-refractivity contribution >= 4 is 34.0 Å². The molecule has 5 heteroatoms. The highest BCUT2D eigenvalue weighted by molar-refractivity contribution is 7.10. The van der Waals surface area contributed by atoms with Gasteiger partial charge in [-0.25, -0.2) is 4.98 Å². The number of H-pyrrole nitrogens is 1. The van der Waals surface area contributed by atoms with Crippen LogP contribution in [0.2, 0.25) is 5.02 Å². The van der Waals surface area contributed by atoms with Gasteiger partial charge in [0.2, 0.25) is 0 Å². The molecule has 3 nitrogen and oxygen atoms in total. The molecule has 0 spiro atoms. The Kier molecular flexibility index (Phi) is 2.63. The molecule has 0 amide bonds. The highest BCUT2D eigenvalue weighted by Gasteiger charge is 2.14. The van der Waals surface area contributed by atoms with E-state index in [1.165, 1.54) is 0 Å². The topological polar surface area (TPSA) is 54.7 Å². The summed E-state index contributed by atoms with van der Waals surface area (Å²) in [6, 6.07) is 9.36. The Morgan fingerprint density at radius 1 is 1.35 bits per heavy atom. The third-order valence-corrected chi connectivity index (χ3v) is 3.80. The van der Waals surface area contributed by atoms with Crippen LogP contribution in [0.3, 0.4) is 0 Å². The van der Waals surface area contributed by atoms with Gasteiger partial charge in [-0.1, -0.05) is 17.7 Å². The number of benzene rings is 1. The van der Waals surface area contributed by atoms with Crippen LogP contribution in [0.5, 0.6) is 0 Å². The summed E-state index contributed by atoms with van der Waals surface area (Å²) in [5, 5.41) is 2.70. The Balaban J connectivity index is 2.06. The molecular formula is C12H10ClN3S. The van der Waals surface area contributed by atoms with E-state index < -0.39 is 0 Å². The second kappa shape index (κ2) is 4.14. The Morgan fingerprint density at radius 2 is 2.24 bits per heavy atom. The number of aromatic amines is 1. The largest absolute Gasteiger partial charge is 0.340 e. The van der Waals surface area contributed by atoms with Crippen molar-refractivity contribution in [2.24, 2.45) is 5.73 Å². The zero-order valence-electron chi connectivity index (χ0n) is 8.85. The molecule has 0 radical (unpaired) electrons. The third-order valence-electron chi connectivity index (χ3n) is 2.61. The van der Waals surface area contributed by atoms with Crippen LogP contribution in [-0.2, 0) is 0 Å². The van der Waals surface area contributed by atoms with Gasteiger partial charge in [-0.05, 0) is 29.6 Å². The van der Waals surface area contributed by atoms with Crippen LogP contribution in [-0.4, -0.2) is 9.97 Å². The van der Waals surface area contributed by atoms with Gasteiger partial charge in [0.1, 0.15) is 5.82 Å². The molecule has 0 aliphatic rings. The summed E-state index contributed by atoms with van der Waals surface area (Å²) in [5.41, 5.74) is 7.95. The van der Waals surface area contributed by atoms with E-state index in [0.717, 1.165) is 21.7 Å². The van der Waals surface area contributed by atoms with Crippen LogP contribution in [0, 0.1) is 0 Å². The number of aromatic nitrogens is 2. The summed E-state index contributed by atoms with van der Waals surface area (Å²) in [6.45, 7) is 0. The first kappa shape index (κ1) is 10.8. The summed E-state index contributed by atoms with van der Waals surface area (Å²) < 4.78 is 0. The Labute approximate surface area is 107 Å². The number of nitrogens with one attached hydrogen (secondary N) is 1. The van der Waals surface area contributed by atoms with Crippen molar-refractivity contribution < 1.29 is 0 Å². The van der Waals surface area contributed by atoms with E-state index in [2.05, 4.69) is 9.97 Å². The summed E-state index contributed by atoms with van der Waals surface area (Å²) in [4.78, 5) is 8.78. The lowest BCUT2D eigenvalue weighted by atomic mass is 10.2. The van der Waals surface area contributed by atoms with Gasteiger partial charge in [0.25, 0.3) is 0 Å². The van der Waals surface area contributed by atoms with Crippen molar-refractivity contribution in [3.63, 3.8) is 0 Å². The maximum Gasteiger partial charge on any atom is 0.129 e. The van der Waals surface area contributed by atoms with Crippen molar-refractivity contribution in [3.05, 3.63) is 51.4 Å². The lowest BCUT2D eigenvalue weighted by Crippen LogP contribution is -2.11. The molecule has 0 bridgehead atoms. The molecule has 0 saturated carbocycles. The predicted molar refractivity (Wildman–Crippen MR) is 71.5 cm³/mol. The molecule has 1 aromatic carbocycles. The molecule has 0 aliphatic heterocycles. The summed E-state index contributed by atoms with van der Waals surface area (Å²) in [5.74, 6) is 0.768. The lowest BCUT2D eigenvalue weighted by Gasteiger charge is -2.04. The van der Waals surface area contributed by atoms with Crippen molar-refractivity contribution in [1.29, 1.82) is 0 Å². The van der Waals surface area contributed by atoms with Crippen LogP contribution in [0.1, 0.15) is 16.7 Å². The number of imidazole rings is 1. The quantitative estimate of drug-likeness (QED) is 0.745. The van der Waals surface area contributed by atoms with E-state index in [0.29, 0.717) is 5.02 Å². The second-order valence-corrected chi connectivity index (χ2v) is 5.19. The fraction of sp³-hybridized carbons (Fsp3) is 0.0833. The predicted octanol–water partition coefficient (Wildman–Crippen LogP) is 3.33. The van der Waals surface area contributed by atoms with Gasteiger partial charge >= 0.3 is 0 Å². The van der Waals surface area contributed by atoms with Gasteiger partial charge in [0.15, 0.2) is 0 Å². The minimum atomic E-state index is -0.207. The van der Waals surface area contributed by atoms with Crippen molar-refractivity contribution in [1.82, 2.24) is 9.97 Å². The standard InChI is InChI=1S/C12H10ClN3S/c13-7-3-4-8-9(6-7)16-12(15-8)11(14)10-2-1-5-17-10/h1-6,11H,14H2,(H,15,16). The number of hydrogen-bond acceptors (Lipinski definition) is 3. The van der Waals surface area contributed by atoms with Gasteiger partial charge in [0, 0.05) is 9.90 Å². The van der Waals surface area contributed by atoms with Crippen LogP contribution < -0.4 is 5.73 Å². The molecule has 1 unspecified atom stereocenters. The smallest absolute Gasteiger partial charge is 0.129 e. The van der Waals surface area contributed by atoms with E-state index in [9.17, 15) is 0 Å². The molecule has 3 rings (SSSR count). The van der Waals surface area contributed by atoms with E-state index >= 15 is 0 Å². The first-order valence-corrected chi connectivity index (χ1v) is 6.44. The normalized spacial score (nSPS) is 13.1. The number of fused-ring (bicyclic) bond motifs is 1. The van der Waals surface area contributed by atoms with Gasteiger partial charge in [-0.2, -0.15) is 0 Å². The Hall–Kier alpha value is -1.36. The number of halogens is 1. The fourth-order valence-corrected chi connectivity index (χ4v) is 2.65. The minimum absolute atomic E-state index is 0.207. The molecule has 0 aliphatic carbocycles. The number of nitrogens with two attached hydrogens (primary N) is 1. The summed E-state index contributed by atoms with van der Waals surface area (Å²) in [6.07, 6.45) is 0. The van der Waals surface area contributed by atoms with Gasteiger partial charge in [-0.3, -0.25) is 0 Å². The van der Waals surface area contributed by atoms with E-state index in [1.807, 2.05) is 35.7 Å². The van der Waals surface area contributed by atoms with Crippen LogP contribution in [0.15, 0.2) is 35.7 Å². The summed E-state index contributed by atoms with van der Waals surface area (Å²) in [7, 11) is 0. The monoisotopic (exact) mass is 263 g/mol. The van der Waals surface area contributed by atoms with Crippen LogP contribution >= 0.6 is 22.9 Å². The molecule has 2 aromatic heterocycles. The molecule has 0 fully saturated rings. The van der Waals surface area contributed by atoms with Crippen molar-refractivity contribution in [2.45, 2.75) is 6.04 Å². The zero-order chi connectivity index (χ0) is 11.8. The number of thiophene rings is 1. The average molecular weight is 264 g/mol. The molecule has 17 heavy (non-hydrogen) atoms. The highest BCUT2D eigenvalue weighted by atomic mass is 35.5. The van der Waals surface area contributed by atoms with Crippen molar-refractivity contribution in [2.75, 3.05) is 0 Å². The Morgan fingerprint density at radius 3 is 3.00 bits per heavy atom. The Bertz CT molecular complexity index is 645. The number of hydrogen-bond donors (Lipinski definition) is 2. The number of nitrogens with zero attached hydrogens (tertiary/aromatic N) is 1. The molecule has 2 heterocycles. The molecule has 3 N–H and O–H groups in total. The van der Waals surface area contributed by atoms with Crippen LogP contribution in [0.4, 0.5) is 0 Å². The zero-order valence-corrected chi connectivity index (χ0v) is 10.4. The first-order valence-electron chi connectivity index (χ1n) is 5.18. The van der Waals surface area contributed by atoms with Gasteiger partial charge in [0.05, 0.1) is 17.1 Å². The van der Waals surface area contributed by atoms with E-state index in [1.54, 1.807) is 11.3 Å². The molecular weight excluding hydrogens is 254 g/mol. The maximum absolute atomic E-state index is 6.15. The van der Waals surface area contributed by atoms with Gasteiger partial charge in [-0.15, -0.1) is 11.3 Å². The SMILES string of the molecule is NC(c1nc2ccc(Cl)cc2[nH]1)c1cccs1. The van der Waals surface area contributed by atoms with E-state index in [-0.39, 0.29) is 6.04 Å². The lowest BCUT2D eigenvalue weighted by molar-refractivity contribution is 0.822. The summed E-state index contributed by atoms with van der Waals surface area (Å²) >= 11 is 7.56. The van der Waals surface area contributed by atoms with Crippen molar-refractivity contribution in [3.8, 4) is 0 Å². The fourth-order valence-electron chi connectivity index (χ4n) is 1.75. The number of rotatable bonds is 2. The minimum Gasteiger partial charge on any atom is -0.340 e.